The molecule has 0 aromatic heterocycles. The Hall–Kier alpha value is -4.32. The molecule has 186 valence electrons. The highest BCUT2D eigenvalue weighted by Gasteiger charge is 2.16. The summed E-state index contributed by atoms with van der Waals surface area (Å²) in [7, 11) is 4.85. The van der Waals surface area contributed by atoms with E-state index in [0.29, 0.717) is 17.2 Å². The summed E-state index contributed by atoms with van der Waals surface area (Å²) in [6, 6.07) is 14.4. The monoisotopic (exact) mass is 485 g/mol. The van der Waals surface area contributed by atoms with Crippen LogP contribution in [0.25, 0.3) is 34.4 Å². The molecule has 0 saturated heterocycles. The topological polar surface area (TPSA) is 70.8 Å². The van der Waals surface area contributed by atoms with Crippen LogP contribution >= 0.6 is 0 Å². The van der Waals surface area contributed by atoms with Crippen molar-refractivity contribution in [3.8, 4) is 28.4 Å². The Morgan fingerprint density at radius 1 is 0.861 bits per heavy atom. The van der Waals surface area contributed by atoms with Gasteiger partial charge in [-0.15, -0.1) is 0 Å². The fourth-order valence-corrected chi connectivity index (χ4v) is 4.11. The quantitative estimate of drug-likeness (QED) is 0.175. The first-order valence-corrected chi connectivity index (χ1v) is 11.4. The van der Waals surface area contributed by atoms with E-state index in [0.717, 1.165) is 44.5 Å². The van der Waals surface area contributed by atoms with Gasteiger partial charge in [-0.05, 0) is 90.6 Å². The summed E-state index contributed by atoms with van der Waals surface area (Å²) in [5.41, 5.74) is 7.55. The van der Waals surface area contributed by atoms with Gasteiger partial charge in [-0.2, -0.15) is 0 Å². The number of rotatable bonds is 9. The van der Waals surface area contributed by atoms with Gasteiger partial charge in [0.15, 0.2) is 11.5 Å². The molecule has 0 bridgehead atoms. The molecule has 0 spiro atoms. The predicted octanol–water partition coefficient (Wildman–Crippen LogP) is 7.91. The Kier molecular flexibility index (Phi) is 8.33. The fourth-order valence-electron chi connectivity index (χ4n) is 4.11. The highest BCUT2D eigenvalue weighted by Crippen LogP contribution is 2.39. The molecule has 0 fully saturated rings. The Labute approximate surface area is 212 Å². The molecular weight excluding hydrogens is 454 g/mol. The average Bonchev–Trinajstić information content (AvgIpc) is 2.88. The molecule has 6 nitrogen and oxygen atoms in total. The molecule has 3 aromatic carbocycles. The van der Waals surface area contributed by atoms with E-state index in [9.17, 15) is 10.1 Å². The van der Waals surface area contributed by atoms with Crippen LogP contribution in [0.2, 0.25) is 0 Å². The molecule has 0 aliphatic carbocycles. The van der Waals surface area contributed by atoms with Gasteiger partial charge >= 0.3 is 0 Å². The number of nitrogens with zero attached hydrogens (tertiary/aromatic N) is 1. The summed E-state index contributed by atoms with van der Waals surface area (Å²) >= 11 is 0. The van der Waals surface area contributed by atoms with Gasteiger partial charge in [-0.3, -0.25) is 10.1 Å². The minimum Gasteiger partial charge on any atom is -0.496 e. The van der Waals surface area contributed by atoms with Crippen LogP contribution in [0, 0.1) is 10.1 Å². The second kappa shape index (κ2) is 11.4. The van der Waals surface area contributed by atoms with Crippen LogP contribution in [0.5, 0.6) is 17.2 Å². The molecule has 3 rings (SSSR count). The maximum Gasteiger partial charge on any atom is 0.269 e. The van der Waals surface area contributed by atoms with Crippen molar-refractivity contribution in [3.05, 3.63) is 93.6 Å². The lowest BCUT2D eigenvalue weighted by Crippen LogP contribution is -1.96. The molecule has 0 N–H and O–H groups in total. The van der Waals surface area contributed by atoms with Crippen molar-refractivity contribution in [2.45, 2.75) is 20.8 Å². The van der Waals surface area contributed by atoms with E-state index in [1.54, 1.807) is 33.5 Å². The normalized spacial score (nSPS) is 11.4. The lowest BCUT2D eigenvalue weighted by molar-refractivity contribution is -0.384. The van der Waals surface area contributed by atoms with Crippen molar-refractivity contribution in [2.75, 3.05) is 21.3 Å². The maximum absolute atomic E-state index is 11.1. The van der Waals surface area contributed by atoms with Crippen LogP contribution in [0.15, 0.2) is 61.2 Å². The summed E-state index contributed by atoms with van der Waals surface area (Å²) in [4.78, 5) is 10.7. The number of hydrogen-bond donors (Lipinski definition) is 0. The molecule has 36 heavy (non-hydrogen) atoms. The molecule has 0 aliphatic rings. The zero-order chi connectivity index (χ0) is 26.4. The Morgan fingerprint density at radius 2 is 1.44 bits per heavy atom. The Morgan fingerprint density at radius 3 is 1.97 bits per heavy atom. The van der Waals surface area contributed by atoms with E-state index in [4.69, 9.17) is 14.2 Å². The smallest absolute Gasteiger partial charge is 0.269 e. The van der Waals surface area contributed by atoms with Crippen molar-refractivity contribution >= 4 is 29.0 Å². The third-order valence-electron chi connectivity index (χ3n) is 5.92. The molecule has 0 heterocycles. The van der Waals surface area contributed by atoms with Gasteiger partial charge in [0.1, 0.15) is 5.75 Å². The summed E-state index contributed by atoms with van der Waals surface area (Å²) in [5, 5.41) is 11.1. The lowest BCUT2D eigenvalue weighted by atomic mass is 9.91. The molecule has 0 unspecified atom stereocenters. The third-order valence-corrected chi connectivity index (χ3v) is 5.92. The minimum absolute atomic E-state index is 0.0420. The highest BCUT2D eigenvalue weighted by atomic mass is 16.6. The molecule has 0 saturated carbocycles. The van der Waals surface area contributed by atoms with Gasteiger partial charge in [0.2, 0.25) is 0 Å². The van der Waals surface area contributed by atoms with Gasteiger partial charge < -0.3 is 14.2 Å². The van der Waals surface area contributed by atoms with Crippen LogP contribution in [0.4, 0.5) is 5.69 Å². The zero-order valence-corrected chi connectivity index (χ0v) is 21.5. The van der Waals surface area contributed by atoms with E-state index >= 15 is 0 Å². The minimum atomic E-state index is -0.406. The van der Waals surface area contributed by atoms with Gasteiger partial charge in [0, 0.05) is 17.7 Å². The van der Waals surface area contributed by atoms with E-state index in [1.165, 1.54) is 12.1 Å². The van der Waals surface area contributed by atoms with Crippen molar-refractivity contribution in [1.82, 2.24) is 0 Å². The number of ether oxygens (including phenoxy) is 3. The van der Waals surface area contributed by atoms with Gasteiger partial charge in [0.05, 0.1) is 26.3 Å². The number of allylic oxidation sites excluding steroid dienone is 3. The number of hydrogen-bond acceptors (Lipinski definition) is 5. The van der Waals surface area contributed by atoms with E-state index in [-0.39, 0.29) is 5.69 Å². The average molecular weight is 486 g/mol. The van der Waals surface area contributed by atoms with Crippen molar-refractivity contribution in [3.63, 3.8) is 0 Å². The largest absolute Gasteiger partial charge is 0.496 e. The second-order valence-electron chi connectivity index (χ2n) is 8.35. The van der Waals surface area contributed by atoms with E-state index in [2.05, 4.69) is 18.7 Å². The summed E-state index contributed by atoms with van der Waals surface area (Å²) < 4.78 is 16.7. The predicted molar refractivity (Wildman–Crippen MR) is 148 cm³/mol. The van der Waals surface area contributed by atoms with E-state index in [1.807, 2.05) is 51.1 Å². The van der Waals surface area contributed by atoms with Gasteiger partial charge in [-0.25, -0.2) is 0 Å². The molecule has 0 radical (unpaired) electrons. The number of benzene rings is 3. The first-order chi connectivity index (χ1) is 17.2. The van der Waals surface area contributed by atoms with Crippen LogP contribution in [0.3, 0.4) is 0 Å². The molecular formula is C30H31NO5. The summed E-state index contributed by atoms with van der Waals surface area (Å²) in [6.07, 6.45) is 6.11. The van der Waals surface area contributed by atoms with E-state index < -0.39 is 4.92 Å². The van der Waals surface area contributed by atoms with Gasteiger partial charge in [-0.1, -0.05) is 30.4 Å². The number of nitro benzene ring substituents is 1. The standard InChI is InChI=1S/C30H31NO5/c1-8-9-22-15-28(34-5)27(21-10-12-24(13-11-21)31(32)33)17-26(22)20(4)14-23-16-29(35-6)30(36-7)18-25(23)19(2)3/h8-18H,2H2,1,3-7H3/b9-8-,20-14+. The molecule has 0 aliphatic heterocycles. The van der Waals surface area contributed by atoms with Crippen LogP contribution < -0.4 is 14.2 Å². The SMILES string of the molecule is C=C(C)c1cc(OC)c(OC)cc1/C=C(\C)c1cc(-c2ccc([N+](=O)[O-])cc2)c(OC)cc1/C=C\C. The van der Waals surface area contributed by atoms with Crippen molar-refractivity contribution in [1.29, 1.82) is 0 Å². The molecule has 3 aromatic rings. The number of nitro groups is 1. The van der Waals surface area contributed by atoms with Crippen molar-refractivity contribution < 1.29 is 19.1 Å². The zero-order valence-electron chi connectivity index (χ0n) is 21.5. The maximum atomic E-state index is 11.1. The molecule has 0 atom stereocenters. The van der Waals surface area contributed by atoms with Crippen LogP contribution in [0.1, 0.15) is 43.0 Å². The summed E-state index contributed by atoms with van der Waals surface area (Å²) in [5.74, 6) is 1.96. The summed E-state index contributed by atoms with van der Waals surface area (Å²) in [6.45, 7) is 10.1. The number of methoxy groups -OCH3 is 3. The van der Waals surface area contributed by atoms with Crippen molar-refractivity contribution in [2.24, 2.45) is 0 Å². The third kappa shape index (κ3) is 5.49. The molecule has 6 heteroatoms. The Bertz CT molecular complexity index is 1350. The van der Waals surface area contributed by atoms with Crippen LogP contribution in [-0.4, -0.2) is 26.3 Å². The fraction of sp³-hybridized carbons (Fsp3) is 0.200. The second-order valence-corrected chi connectivity index (χ2v) is 8.35. The highest BCUT2D eigenvalue weighted by molar-refractivity contribution is 5.90. The lowest BCUT2D eigenvalue weighted by Gasteiger charge is -2.17. The van der Waals surface area contributed by atoms with Gasteiger partial charge in [0.25, 0.3) is 5.69 Å². The first kappa shape index (κ1) is 26.3. The number of non-ortho nitro benzene ring substituents is 1. The first-order valence-electron chi connectivity index (χ1n) is 11.4. The van der Waals surface area contributed by atoms with Crippen LogP contribution in [-0.2, 0) is 0 Å². The molecule has 0 amide bonds. The Balaban J connectivity index is 2.23.